The van der Waals surface area contributed by atoms with Gasteiger partial charge in [0.15, 0.2) is 5.78 Å². The van der Waals surface area contributed by atoms with E-state index in [4.69, 9.17) is 15.2 Å². The van der Waals surface area contributed by atoms with E-state index in [2.05, 4.69) is 13.8 Å². The molecule has 0 aromatic heterocycles. The summed E-state index contributed by atoms with van der Waals surface area (Å²) in [5, 5.41) is 0. The maximum Gasteiger partial charge on any atom is 0.153 e. The minimum Gasteiger partial charge on any atom is -0.381 e. The van der Waals surface area contributed by atoms with Gasteiger partial charge in [-0.25, -0.2) is 0 Å². The zero-order valence-electron chi connectivity index (χ0n) is 12.2. The van der Waals surface area contributed by atoms with Crippen LogP contribution in [0.15, 0.2) is 0 Å². The summed E-state index contributed by atoms with van der Waals surface area (Å²) in [6, 6.07) is -0.315. The van der Waals surface area contributed by atoms with Crippen LogP contribution in [-0.4, -0.2) is 37.2 Å². The molecule has 2 heterocycles. The van der Waals surface area contributed by atoms with Crippen LogP contribution in [0.5, 0.6) is 0 Å². The second-order valence-corrected chi connectivity index (χ2v) is 6.15. The predicted molar refractivity (Wildman–Crippen MR) is 73.9 cm³/mol. The van der Waals surface area contributed by atoms with Gasteiger partial charge in [-0.15, -0.1) is 0 Å². The molecule has 0 saturated carbocycles. The second-order valence-electron chi connectivity index (χ2n) is 6.15. The quantitative estimate of drug-likeness (QED) is 0.847. The second kappa shape index (κ2) is 6.33. The Morgan fingerprint density at radius 3 is 2.68 bits per heavy atom. The van der Waals surface area contributed by atoms with Crippen LogP contribution in [0.1, 0.15) is 46.0 Å². The molecule has 0 aromatic rings. The van der Waals surface area contributed by atoms with Gasteiger partial charge < -0.3 is 15.2 Å². The van der Waals surface area contributed by atoms with Crippen molar-refractivity contribution in [3.8, 4) is 0 Å². The van der Waals surface area contributed by atoms with Crippen molar-refractivity contribution >= 4 is 5.78 Å². The molecule has 2 aliphatic heterocycles. The minimum absolute atomic E-state index is 0.0795. The first-order chi connectivity index (χ1) is 9.08. The van der Waals surface area contributed by atoms with Gasteiger partial charge in [-0.1, -0.05) is 20.3 Å². The number of Topliss-reactive ketones (excluding diaryl/α,β-unsaturated/α-hetero) is 1. The summed E-state index contributed by atoms with van der Waals surface area (Å²) in [5.41, 5.74) is 5.99. The van der Waals surface area contributed by atoms with Crippen molar-refractivity contribution in [3.63, 3.8) is 0 Å². The zero-order chi connectivity index (χ0) is 13.9. The Morgan fingerprint density at radius 1 is 1.37 bits per heavy atom. The number of ketones is 1. The molecule has 0 bridgehead atoms. The molecule has 0 aliphatic carbocycles. The van der Waals surface area contributed by atoms with Gasteiger partial charge in [0.1, 0.15) is 0 Å². The van der Waals surface area contributed by atoms with Crippen LogP contribution >= 0.6 is 0 Å². The largest absolute Gasteiger partial charge is 0.381 e. The van der Waals surface area contributed by atoms with Crippen LogP contribution in [0.25, 0.3) is 0 Å². The number of carbonyl (C=O) groups excluding carboxylic acids is 1. The number of rotatable bonds is 4. The highest BCUT2D eigenvalue weighted by atomic mass is 16.5. The highest BCUT2D eigenvalue weighted by Gasteiger charge is 2.42. The van der Waals surface area contributed by atoms with E-state index in [1.165, 1.54) is 0 Å². The molecule has 19 heavy (non-hydrogen) atoms. The SMILES string of the molecule is CCC(C)C(N)C(=O)C1CCOC2(CCOCC2)C1. The number of ether oxygens (including phenoxy) is 2. The average molecular weight is 269 g/mol. The highest BCUT2D eigenvalue weighted by Crippen LogP contribution is 2.37. The first-order valence-corrected chi connectivity index (χ1v) is 7.59. The summed E-state index contributed by atoms with van der Waals surface area (Å²) < 4.78 is 11.4. The van der Waals surface area contributed by atoms with E-state index >= 15 is 0 Å². The summed E-state index contributed by atoms with van der Waals surface area (Å²) in [7, 11) is 0. The monoisotopic (exact) mass is 269 g/mol. The van der Waals surface area contributed by atoms with Gasteiger partial charge in [0.25, 0.3) is 0 Å². The summed E-state index contributed by atoms with van der Waals surface area (Å²) in [6.45, 7) is 6.33. The Morgan fingerprint density at radius 2 is 2.05 bits per heavy atom. The van der Waals surface area contributed by atoms with E-state index < -0.39 is 0 Å². The average Bonchev–Trinajstić information content (AvgIpc) is 2.45. The summed E-state index contributed by atoms with van der Waals surface area (Å²) in [4.78, 5) is 12.5. The normalized spacial score (nSPS) is 29.9. The van der Waals surface area contributed by atoms with Gasteiger partial charge >= 0.3 is 0 Å². The third-order valence-electron chi connectivity index (χ3n) is 4.88. The fourth-order valence-corrected chi connectivity index (χ4v) is 3.17. The standard InChI is InChI=1S/C15H27NO3/c1-3-11(2)13(16)14(17)12-4-7-19-15(10-12)5-8-18-9-6-15/h11-13H,3-10,16H2,1-2H3. The summed E-state index contributed by atoms with van der Waals surface area (Å²) in [6.07, 6.45) is 4.44. The summed E-state index contributed by atoms with van der Waals surface area (Å²) in [5.74, 6) is 0.584. The first-order valence-electron chi connectivity index (χ1n) is 7.59. The Hall–Kier alpha value is -0.450. The van der Waals surface area contributed by atoms with Crippen LogP contribution < -0.4 is 5.73 Å². The molecule has 3 atom stereocenters. The molecule has 2 saturated heterocycles. The minimum atomic E-state index is -0.315. The topological polar surface area (TPSA) is 61.6 Å². The van der Waals surface area contributed by atoms with Crippen LogP contribution in [0.2, 0.25) is 0 Å². The lowest BCUT2D eigenvalue weighted by atomic mass is 9.76. The Labute approximate surface area is 116 Å². The fourth-order valence-electron chi connectivity index (χ4n) is 3.17. The van der Waals surface area contributed by atoms with E-state index in [1.807, 2.05) is 0 Å². The van der Waals surface area contributed by atoms with E-state index in [9.17, 15) is 4.79 Å². The number of hydrogen-bond acceptors (Lipinski definition) is 4. The zero-order valence-corrected chi connectivity index (χ0v) is 12.2. The molecule has 2 N–H and O–H groups in total. The van der Waals surface area contributed by atoms with Gasteiger partial charge in [-0.2, -0.15) is 0 Å². The molecule has 0 amide bonds. The van der Waals surface area contributed by atoms with Gasteiger partial charge in [-0.3, -0.25) is 4.79 Å². The van der Waals surface area contributed by atoms with Crippen molar-refractivity contribution in [2.45, 2.75) is 57.6 Å². The van der Waals surface area contributed by atoms with Crippen molar-refractivity contribution in [2.24, 2.45) is 17.6 Å². The molecule has 2 aliphatic rings. The molecule has 1 spiro atoms. The molecule has 4 nitrogen and oxygen atoms in total. The Balaban J connectivity index is 1.98. The predicted octanol–water partition coefficient (Wildman–Crippen LogP) is 1.90. The number of nitrogens with two attached hydrogens (primary N) is 1. The van der Waals surface area contributed by atoms with Crippen LogP contribution in [0.3, 0.4) is 0 Å². The lowest BCUT2D eigenvalue weighted by Crippen LogP contribution is -2.49. The molecule has 4 heteroatoms. The molecule has 2 rings (SSSR count). The number of carbonyl (C=O) groups is 1. The molecule has 3 unspecified atom stereocenters. The van der Waals surface area contributed by atoms with E-state index in [1.54, 1.807) is 0 Å². The van der Waals surface area contributed by atoms with Crippen molar-refractivity contribution in [1.82, 2.24) is 0 Å². The van der Waals surface area contributed by atoms with E-state index in [-0.39, 0.29) is 29.3 Å². The summed E-state index contributed by atoms with van der Waals surface area (Å²) >= 11 is 0. The Bertz CT molecular complexity index is 307. The first kappa shape index (κ1) is 14.9. The molecular formula is C15H27NO3. The van der Waals surface area contributed by atoms with Crippen LogP contribution in [0, 0.1) is 11.8 Å². The van der Waals surface area contributed by atoms with Crippen molar-refractivity contribution < 1.29 is 14.3 Å². The smallest absolute Gasteiger partial charge is 0.153 e. The van der Waals surface area contributed by atoms with Crippen LogP contribution in [-0.2, 0) is 14.3 Å². The lowest BCUT2D eigenvalue weighted by molar-refractivity contribution is -0.158. The third kappa shape index (κ3) is 3.36. The van der Waals surface area contributed by atoms with Crippen molar-refractivity contribution in [1.29, 1.82) is 0 Å². The highest BCUT2D eigenvalue weighted by molar-refractivity contribution is 5.86. The van der Waals surface area contributed by atoms with Gasteiger partial charge in [0, 0.05) is 25.7 Å². The maximum atomic E-state index is 12.5. The van der Waals surface area contributed by atoms with Gasteiger partial charge in [0.2, 0.25) is 0 Å². The lowest BCUT2D eigenvalue weighted by Gasteiger charge is -2.43. The molecule has 110 valence electrons. The van der Waals surface area contributed by atoms with Gasteiger partial charge in [0.05, 0.1) is 11.6 Å². The van der Waals surface area contributed by atoms with E-state index in [0.29, 0.717) is 6.61 Å². The molecule has 0 aromatic carbocycles. The fraction of sp³-hybridized carbons (Fsp3) is 0.933. The molecular weight excluding hydrogens is 242 g/mol. The third-order valence-corrected chi connectivity index (χ3v) is 4.88. The molecule has 0 radical (unpaired) electrons. The van der Waals surface area contributed by atoms with Gasteiger partial charge in [-0.05, 0) is 31.6 Å². The van der Waals surface area contributed by atoms with Crippen molar-refractivity contribution in [2.75, 3.05) is 19.8 Å². The van der Waals surface area contributed by atoms with Crippen molar-refractivity contribution in [3.05, 3.63) is 0 Å². The molecule has 2 fully saturated rings. The number of hydrogen-bond donors (Lipinski definition) is 1. The van der Waals surface area contributed by atoms with Crippen LogP contribution in [0.4, 0.5) is 0 Å². The maximum absolute atomic E-state index is 12.5. The Kier molecular flexibility index (Phi) is 4.98. The van der Waals surface area contributed by atoms with E-state index in [0.717, 1.165) is 45.3 Å².